The van der Waals surface area contributed by atoms with Gasteiger partial charge in [-0.3, -0.25) is 0 Å². The minimum atomic E-state index is -0.307. The minimum absolute atomic E-state index is 0.210. The first-order chi connectivity index (χ1) is 15.1. The van der Waals surface area contributed by atoms with E-state index in [4.69, 9.17) is 32.7 Å². The summed E-state index contributed by atoms with van der Waals surface area (Å²) < 4.78 is 24.8. The number of alkyl halides is 1. The number of rotatable bonds is 8. The highest BCUT2D eigenvalue weighted by atomic mass is 35.5. The Balaban J connectivity index is 1.54. The monoisotopic (exact) mass is 457 g/mol. The Bertz CT molecular complexity index is 1200. The normalized spacial score (nSPS) is 10.8. The molecule has 0 amide bonds. The molecule has 1 aromatic heterocycles. The summed E-state index contributed by atoms with van der Waals surface area (Å²) in [5, 5.41) is 4.42. The van der Waals surface area contributed by atoms with E-state index in [0.717, 1.165) is 22.2 Å². The molecule has 0 fully saturated rings. The van der Waals surface area contributed by atoms with Crippen molar-refractivity contribution in [3.63, 3.8) is 0 Å². The number of nitrogens with one attached hydrogen (secondary N) is 1. The molecule has 0 aliphatic carbocycles. The molecular weight excluding hydrogens is 440 g/mol. The molecule has 0 unspecified atom stereocenters. The third-order valence-electron chi connectivity index (χ3n) is 4.44. The highest BCUT2D eigenvalue weighted by Crippen LogP contribution is 2.34. The number of benzene rings is 3. The first-order valence-electron chi connectivity index (χ1n) is 9.50. The zero-order chi connectivity index (χ0) is 21.6. The quantitative estimate of drug-likeness (QED) is 0.311. The van der Waals surface area contributed by atoms with Crippen LogP contribution in [-0.2, 0) is 6.61 Å². The Morgan fingerprint density at radius 3 is 2.61 bits per heavy atom. The molecule has 1 heterocycles. The van der Waals surface area contributed by atoms with Gasteiger partial charge in [0, 0.05) is 5.69 Å². The van der Waals surface area contributed by atoms with Crippen molar-refractivity contribution in [2.45, 2.75) is 6.61 Å². The van der Waals surface area contributed by atoms with E-state index >= 15 is 0 Å². The second kappa shape index (κ2) is 9.81. The number of ether oxygens (including phenoxy) is 2. The van der Waals surface area contributed by atoms with Crippen LogP contribution < -0.4 is 14.8 Å². The molecule has 8 heteroatoms. The first-order valence-corrected chi connectivity index (χ1v) is 10.4. The predicted molar refractivity (Wildman–Crippen MR) is 121 cm³/mol. The molecule has 5 nitrogen and oxygen atoms in total. The smallest absolute Gasteiger partial charge is 0.145 e. The lowest BCUT2D eigenvalue weighted by Crippen LogP contribution is -2.02. The first kappa shape index (κ1) is 21.2. The fourth-order valence-electron chi connectivity index (χ4n) is 3.06. The Labute approximate surface area is 188 Å². The van der Waals surface area contributed by atoms with Gasteiger partial charge in [0.25, 0.3) is 0 Å². The van der Waals surface area contributed by atoms with E-state index in [1.54, 1.807) is 24.3 Å². The summed E-state index contributed by atoms with van der Waals surface area (Å²) >= 11 is 12.2. The Kier molecular flexibility index (Phi) is 6.70. The lowest BCUT2D eigenvalue weighted by atomic mass is 10.2. The van der Waals surface area contributed by atoms with Crippen molar-refractivity contribution in [3.8, 4) is 11.5 Å². The Hall–Kier alpha value is -3.09. The summed E-state index contributed by atoms with van der Waals surface area (Å²) in [7, 11) is 0. The van der Waals surface area contributed by atoms with Crippen molar-refractivity contribution in [3.05, 3.63) is 83.4 Å². The van der Waals surface area contributed by atoms with E-state index in [1.165, 1.54) is 18.5 Å². The SMILES string of the molecule is Fc1cccc(COc2ccc(Nc3ncnc4cccc(OCCCl)c34)cc2Cl)c1. The average molecular weight is 458 g/mol. The summed E-state index contributed by atoms with van der Waals surface area (Å²) in [6.45, 7) is 0.584. The predicted octanol–water partition coefficient (Wildman–Crippen LogP) is 6.36. The van der Waals surface area contributed by atoms with Gasteiger partial charge < -0.3 is 14.8 Å². The van der Waals surface area contributed by atoms with Gasteiger partial charge in [-0.15, -0.1) is 11.6 Å². The third kappa shape index (κ3) is 5.16. The molecule has 158 valence electrons. The molecule has 0 bridgehead atoms. The number of fused-ring (bicyclic) bond motifs is 1. The van der Waals surface area contributed by atoms with Crippen LogP contribution >= 0.6 is 23.2 Å². The molecule has 0 radical (unpaired) electrons. The van der Waals surface area contributed by atoms with E-state index in [0.29, 0.717) is 34.8 Å². The second-order valence-corrected chi connectivity index (χ2v) is 7.38. The lowest BCUT2D eigenvalue weighted by molar-refractivity contribution is 0.306. The maximum absolute atomic E-state index is 13.3. The number of hydrogen-bond acceptors (Lipinski definition) is 5. The van der Waals surface area contributed by atoms with Gasteiger partial charge in [0.05, 0.1) is 21.8 Å². The molecule has 0 saturated heterocycles. The standard InChI is InChI=1S/C23H18Cl2FN3O2/c24-9-10-30-21-6-2-5-19-22(21)23(28-14-27-19)29-17-7-8-20(18(25)12-17)31-13-15-3-1-4-16(26)11-15/h1-8,11-12,14H,9-10,13H2,(H,27,28,29). The fourth-order valence-corrected chi connectivity index (χ4v) is 3.37. The molecule has 1 N–H and O–H groups in total. The van der Waals surface area contributed by atoms with Crippen molar-refractivity contribution in [1.82, 2.24) is 9.97 Å². The summed E-state index contributed by atoms with van der Waals surface area (Å²) in [5.41, 5.74) is 2.18. The fraction of sp³-hybridized carbons (Fsp3) is 0.130. The highest BCUT2D eigenvalue weighted by Gasteiger charge is 2.12. The van der Waals surface area contributed by atoms with Gasteiger partial charge in [0.15, 0.2) is 0 Å². The molecule has 0 aliphatic rings. The van der Waals surface area contributed by atoms with Crippen molar-refractivity contribution < 1.29 is 13.9 Å². The number of nitrogens with zero attached hydrogens (tertiary/aromatic N) is 2. The average Bonchev–Trinajstić information content (AvgIpc) is 2.77. The van der Waals surface area contributed by atoms with Crippen LogP contribution in [0.25, 0.3) is 10.9 Å². The lowest BCUT2D eigenvalue weighted by Gasteiger charge is -2.14. The molecule has 0 atom stereocenters. The van der Waals surface area contributed by atoms with Crippen molar-refractivity contribution in [2.75, 3.05) is 17.8 Å². The van der Waals surface area contributed by atoms with Crippen LogP contribution in [0.15, 0.2) is 67.0 Å². The van der Waals surface area contributed by atoms with Gasteiger partial charge in [-0.25, -0.2) is 14.4 Å². The van der Waals surface area contributed by atoms with E-state index in [1.807, 2.05) is 24.3 Å². The van der Waals surface area contributed by atoms with E-state index < -0.39 is 0 Å². The zero-order valence-electron chi connectivity index (χ0n) is 16.3. The largest absolute Gasteiger partial charge is 0.491 e. The summed E-state index contributed by atoms with van der Waals surface area (Å²) in [4.78, 5) is 8.67. The minimum Gasteiger partial charge on any atom is -0.491 e. The van der Waals surface area contributed by atoms with E-state index in [2.05, 4.69) is 15.3 Å². The molecule has 31 heavy (non-hydrogen) atoms. The summed E-state index contributed by atoms with van der Waals surface area (Å²) in [5.74, 6) is 1.79. The topological polar surface area (TPSA) is 56.3 Å². The molecule has 0 aliphatic heterocycles. The summed E-state index contributed by atoms with van der Waals surface area (Å²) in [6, 6.07) is 17.1. The van der Waals surface area contributed by atoms with Gasteiger partial charge in [0.1, 0.15) is 42.7 Å². The highest BCUT2D eigenvalue weighted by molar-refractivity contribution is 6.32. The maximum Gasteiger partial charge on any atom is 0.145 e. The molecule has 0 spiro atoms. The van der Waals surface area contributed by atoms with Crippen LogP contribution in [0.1, 0.15) is 5.56 Å². The summed E-state index contributed by atoms with van der Waals surface area (Å²) in [6.07, 6.45) is 1.48. The molecule has 4 rings (SSSR count). The van der Waals surface area contributed by atoms with Crippen LogP contribution in [0.5, 0.6) is 11.5 Å². The van der Waals surface area contributed by atoms with E-state index in [9.17, 15) is 4.39 Å². The molecule has 4 aromatic rings. The van der Waals surface area contributed by atoms with Crippen LogP contribution in [0.4, 0.5) is 15.9 Å². The Morgan fingerprint density at radius 2 is 1.81 bits per heavy atom. The van der Waals surface area contributed by atoms with Crippen molar-refractivity contribution >= 4 is 45.6 Å². The molecule has 3 aromatic carbocycles. The van der Waals surface area contributed by atoms with Crippen LogP contribution in [0.2, 0.25) is 5.02 Å². The number of aromatic nitrogens is 2. The maximum atomic E-state index is 13.3. The number of halogens is 3. The van der Waals surface area contributed by atoms with E-state index in [-0.39, 0.29) is 12.4 Å². The Morgan fingerprint density at radius 1 is 0.935 bits per heavy atom. The third-order valence-corrected chi connectivity index (χ3v) is 4.89. The van der Waals surface area contributed by atoms with Gasteiger partial charge in [-0.1, -0.05) is 29.8 Å². The van der Waals surface area contributed by atoms with Gasteiger partial charge in [-0.05, 0) is 48.0 Å². The van der Waals surface area contributed by atoms with Gasteiger partial charge >= 0.3 is 0 Å². The van der Waals surface area contributed by atoms with Crippen LogP contribution in [0, 0.1) is 5.82 Å². The number of hydrogen-bond donors (Lipinski definition) is 1. The van der Waals surface area contributed by atoms with Crippen molar-refractivity contribution in [1.29, 1.82) is 0 Å². The van der Waals surface area contributed by atoms with Crippen LogP contribution in [0.3, 0.4) is 0 Å². The molecule has 0 saturated carbocycles. The van der Waals surface area contributed by atoms with Crippen LogP contribution in [-0.4, -0.2) is 22.5 Å². The van der Waals surface area contributed by atoms with Gasteiger partial charge in [-0.2, -0.15) is 0 Å². The van der Waals surface area contributed by atoms with Crippen molar-refractivity contribution in [2.24, 2.45) is 0 Å². The second-order valence-electron chi connectivity index (χ2n) is 6.60. The zero-order valence-corrected chi connectivity index (χ0v) is 17.8. The van der Waals surface area contributed by atoms with Gasteiger partial charge in [0.2, 0.25) is 0 Å². The number of anilines is 2. The molecular formula is C23H18Cl2FN3O2.